The van der Waals surface area contributed by atoms with Crippen LogP contribution in [-0.4, -0.2) is 17.7 Å². The molecule has 0 atom stereocenters. The number of esters is 1. The van der Waals surface area contributed by atoms with Crippen LogP contribution >= 0.6 is 0 Å². The highest BCUT2D eigenvalue weighted by Crippen LogP contribution is 2.27. The lowest BCUT2D eigenvalue weighted by Gasteiger charge is -2.19. The normalized spacial score (nSPS) is 15.5. The topological polar surface area (TPSA) is 35.5 Å². The van der Waals surface area contributed by atoms with Crippen molar-refractivity contribution in [2.75, 3.05) is 0 Å². The zero-order valence-corrected chi connectivity index (χ0v) is 10.5. The second-order valence-corrected chi connectivity index (χ2v) is 5.35. The van der Waals surface area contributed by atoms with E-state index in [9.17, 15) is 4.79 Å². The van der Waals surface area contributed by atoms with Crippen molar-refractivity contribution < 1.29 is 14.3 Å². The first-order valence-electron chi connectivity index (χ1n) is 5.94. The Balaban J connectivity index is 2.06. The van der Waals surface area contributed by atoms with E-state index >= 15 is 0 Å². The zero-order valence-electron chi connectivity index (χ0n) is 10.5. The Kier molecular flexibility index (Phi) is 3.09. The van der Waals surface area contributed by atoms with Crippen LogP contribution in [0.25, 0.3) is 0 Å². The zero-order chi connectivity index (χ0) is 12.5. The molecule has 1 saturated carbocycles. The summed E-state index contributed by atoms with van der Waals surface area (Å²) in [6, 6.07) is 7.17. The van der Waals surface area contributed by atoms with Crippen molar-refractivity contribution in [3.63, 3.8) is 0 Å². The van der Waals surface area contributed by atoms with Crippen molar-refractivity contribution in [1.29, 1.82) is 0 Å². The Morgan fingerprint density at radius 3 is 2.59 bits per heavy atom. The fourth-order valence-electron chi connectivity index (χ4n) is 1.41. The van der Waals surface area contributed by atoms with Crippen LogP contribution in [0.5, 0.6) is 5.75 Å². The molecule has 1 fully saturated rings. The molecule has 2 rings (SSSR count). The summed E-state index contributed by atoms with van der Waals surface area (Å²) in [5.74, 6) is 0.439. The number of hydrogen-bond donors (Lipinski definition) is 0. The minimum Gasteiger partial charge on any atom is -0.490 e. The van der Waals surface area contributed by atoms with E-state index in [0.29, 0.717) is 11.7 Å². The highest BCUT2D eigenvalue weighted by Gasteiger charge is 2.24. The number of ether oxygens (including phenoxy) is 2. The van der Waals surface area contributed by atoms with Gasteiger partial charge in [-0.05, 0) is 51.8 Å². The van der Waals surface area contributed by atoms with Gasteiger partial charge in [-0.25, -0.2) is 4.79 Å². The molecule has 1 aliphatic rings. The van der Waals surface area contributed by atoms with Gasteiger partial charge in [-0.2, -0.15) is 0 Å². The van der Waals surface area contributed by atoms with Gasteiger partial charge in [0.15, 0.2) is 0 Å². The molecule has 1 aromatic carbocycles. The third kappa shape index (κ3) is 3.77. The van der Waals surface area contributed by atoms with Crippen LogP contribution in [0.3, 0.4) is 0 Å². The maximum atomic E-state index is 11.8. The summed E-state index contributed by atoms with van der Waals surface area (Å²) >= 11 is 0. The van der Waals surface area contributed by atoms with Gasteiger partial charge >= 0.3 is 5.97 Å². The van der Waals surface area contributed by atoms with Gasteiger partial charge in [0.25, 0.3) is 0 Å². The second-order valence-electron chi connectivity index (χ2n) is 5.35. The Bertz CT molecular complexity index is 414. The number of rotatable bonds is 3. The number of carbonyl (C=O) groups excluding carboxylic acids is 1. The number of hydrogen-bond acceptors (Lipinski definition) is 3. The lowest BCUT2D eigenvalue weighted by molar-refractivity contribution is 0.00690. The molecule has 3 nitrogen and oxygen atoms in total. The standard InChI is InChI=1S/C14H18O3/c1-14(2,3)17-13(15)10-5-4-6-12(9-10)16-11-7-8-11/h4-6,9,11H,7-8H2,1-3H3. The highest BCUT2D eigenvalue weighted by molar-refractivity contribution is 5.90. The van der Waals surface area contributed by atoms with Gasteiger partial charge in [0.05, 0.1) is 11.7 Å². The molecule has 0 unspecified atom stereocenters. The van der Waals surface area contributed by atoms with Gasteiger partial charge in [-0.15, -0.1) is 0 Å². The first-order valence-corrected chi connectivity index (χ1v) is 5.94. The minimum atomic E-state index is -0.468. The smallest absolute Gasteiger partial charge is 0.338 e. The SMILES string of the molecule is CC(C)(C)OC(=O)c1cccc(OC2CC2)c1. The van der Waals surface area contributed by atoms with Gasteiger partial charge < -0.3 is 9.47 Å². The maximum Gasteiger partial charge on any atom is 0.338 e. The summed E-state index contributed by atoms with van der Waals surface area (Å²) in [7, 11) is 0. The van der Waals surface area contributed by atoms with Gasteiger partial charge in [-0.3, -0.25) is 0 Å². The van der Waals surface area contributed by atoms with Crippen LogP contribution in [0.2, 0.25) is 0 Å². The van der Waals surface area contributed by atoms with Gasteiger partial charge in [0.2, 0.25) is 0 Å². The third-order valence-electron chi connectivity index (χ3n) is 2.30. The van der Waals surface area contributed by atoms with Crippen molar-refractivity contribution in [2.45, 2.75) is 45.3 Å². The molecule has 0 heterocycles. The lowest BCUT2D eigenvalue weighted by atomic mass is 10.1. The Morgan fingerprint density at radius 2 is 2.00 bits per heavy atom. The van der Waals surface area contributed by atoms with E-state index in [1.807, 2.05) is 32.9 Å². The Morgan fingerprint density at radius 1 is 1.29 bits per heavy atom. The van der Waals surface area contributed by atoms with Crippen molar-refractivity contribution in [1.82, 2.24) is 0 Å². The average molecular weight is 234 g/mol. The van der Waals surface area contributed by atoms with E-state index < -0.39 is 5.60 Å². The van der Waals surface area contributed by atoms with Gasteiger partial charge in [0, 0.05) is 0 Å². The summed E-state index contributed by atoms with van der Waals surface area (Å²) in [5.41, 5.74) is 0.0721. The van der Waals surface area contributed by atoms with Gasteiger partial charge in [-0.1, -0.05) is 6.07 Å². The molecular weight excluding hydrogens is 216 g/mol. The lowest BCUT2D eigenvalue weighted by Crippen LogP contribution is -2.23. The average Bonchev–Trinajstić information content (AvgIpc) is 2.99. The van der Waals surface area contributed by atoms with Crippen LogP contribution in [0.4, 0.5) is 0 Å². The van der Waals surface area contributed by atoms with E-state index in [2.05, 4.69) is 0 Å². The summed E-state index contributed by atoms with van der Waals surface area (Å²) < 4.78 is 10.9. The molecule has 0 radical (unpaired) electrons. The van der Waals surface area contributed by atoms with Crippen molar-refractivity contribution in [3.8, 4) is 5.75 Å². The van der Waals surface area contributed by atoms with Crippen LogP contribution < -0.4 is 4.74 Å². The number of carbonyl (C=O) groups is 1. The van der Waals surface area contributed by atoms with E-state index in [4.69, 9.17) is 9.47 Å². The maximum absolute atomic E-state index is 11.8. The third-order valence-corrected chi connectivity index (χ3v) is 2.30. The van der Waals surface area contributed by atoms with E-state index in [0.717, 1.165) is 18.6 Å². The van der Waals surface area contributed by atoms with Crippen molar-refractivity contribution in [3.05, 3.63) is 29.8 Å². The first-order chi connectivity index (χ1) is 7.94. The van der Waals surface area contributed by atoms with Gasteiger partial charge in [0.1, 0.15) is 11.4 Å². The molecule has 1 aromatic rings. The molecule has 17 heavy (non-hydrogen) atoms. The minimum absolute atomic E-state index is 0.307. The largest absolute Gasteiger partial charge is 0.490 e. The molecular formula is C14H18O3. The quantitative estimate of drug-likeness (QED) is 0.753. The van der Waals surface area contributed by atoms with Crippen LogP contribution in [0.15, 0.2) is 24.3 Å². The Hall–Kier alpha value is -1.51. The van der Waals surface area contributed by atoms with Crippen LogP contribution in [0.1, 0.15) is 44.0 Å². The molecule has 1 aliphatic carbocycles. The molecule has 0 amide bonds. The van der Waals surface area contributed by atoms with Crippen LogP contribution in [0, 0.1) is 0 Å². The number of benzene rings is 1. The predicted molar refractivity (Wildman–Crippen MR) is 65.3 cm³/mol. The summed E-state index contributed by atoms with van der Waals surface area (Å²) in [5, 5.41) is 0. The molecule has 0 N–H and O–H groups in total. The van der Waals surface area contributed by atoms with E-state index in [1.165, 1.54) is 0 Å². The second kappa shape index (κ2) is 4.40. The molecule has 0 aromatic heterocycles. The van der Waals surface area contributed by atoms with Crippen molar-refractivity contribution >= 4 is 5.97 Å². The molecule has 0 saturated heterocycles. The summed E-state index contributed by atoms with van der Waals surface area (Å²) in [6.45, 7) is 5.57. The van der Waals surface area contributed by atoms with Crippen LogP contribution in [-0.2, 0) is 4.74 Å². The Labute approximate surface area is 102 Å². The van der Waals surface area contributed by atoms with Crippen molar-refractivity contribution in [2.24, 2.45) is 0 Å². The molecule has 0 aliphatic heterocycles. The highest BCUT2D eigenvalue weighted by atomic mass is 16.6. The molecule has 3 heteroatoms. The first kappa shape index (κ1) is 12.0. The predicted octanol–water partition coefficient (Wildman–Crippen LogP) is 3.18. The summed E-state index contributed by atoms with van der Waals surface area (Å²) in [4.78, 5) is 11.8. The molecule has 0 spiro atoms. The monoisotopic (exact) mass is 234 g/mol. The van der Waals surface area contributed by atoms with E-state index in [1.54, 1.807) is 12.1 Å². The van der Waals surface area contributed by atoms with E-state index in [-0.39, 0.29) is 5.97 Å². The fourth-order valence-corrected chi connectivity index (χ4v) is 1.41. The molecule has 92 valence electrons. The molecule has 0 bridgehead atoms. The summed E-state index contributed by atoms with van der Waals surface area (Å²) in [6.07, 6.45) is 2.55. The fraction of sp³-hybridized carbons (Fsp3) is 0.500.